The van der Waals surface area contributed by atoms with Crippen LogP contribution in [0.25, 0.3) is 0 Å². The number of unbranched alkanes of at least 4 members (excludes halogenated alkanes) is 12. The molecule has 1 aliphatic rings. The molecule has 1 saturated heterocycles. The lowest BCUT2D eigenvalue weighted by atomic mass is 10.1. The summed E-state index contributed by atoms with van der Waals surface area (Å²) in [7, 11) is 0. The summed E-state index contributed by atoms with van der Waals surface area (Å²) in [5.41, 5.74) is 0. The number of ether oxygens (including phenoxy) is 2. The zero-order chi connectivity index (χ0) is 21.2. The second-order valence-corrected chi connectivity index (χ2v) is 8.39. The summed E-state index contributed by atoms with van der Waals surface area (Å²) >= 11 is 0. The number of allylic oxidation sites excluding steroid dienone is 2. The molecule has 29 heavy (non-hydrogen) atoms. The molecule has 0 bridgehead atoms. The van der Waals surface area contributed by atoms with Crippen LogP contribution in [0.3, 0.4) is 0 Å². The molecule has 0 saturated carbocycles. The van der Waals surface area contributed by atoms with Gasteiger partial charge in [-0.3, -0.25) is 0 Å². The Hall–Kier alpha value is -0.460. The highest BCUT2D eigenvalue weighted by molar-refractivity contribution is 4.88. The Labute approximate surface area is 178 Å². The maximum absolute atomic E-state index is 9.83. The molecule has 1 heterocycles. The normalized spacial score (nSPS) is 23.2. The first-order valence-electron chi connectivity index (χ1n) is 12.1. The lowest BCUT2D eigenvalue weighted by molar-refractivity contribution is -0.101. The first-order chi connectivity index (χ1) is 14.2. The molecular weight excluding hydrogens is 368 g/mol. The largest absolute Gasteiger partial charge is 0.394 e. The van der Waals surface area contributed by atoms with Crippen molar-refractivity contribution in [1.29, 1.82) is 0 Å². The molecule has 0 aliphatic carbocycles. The molecule has 1 fully saturated rings. The van der Waals surface area contributed by atoms with E-state index in [0.717, 1.165) is 12.8 Å². The fourth-order valence-electron chi connectivity index (χ4n) is 3.79. The van der Waals surface area contributed by atoms with Gasteiger partial charge in [-0.1, -0.05) is 76.9 Å². The van der Waals surface area contributed by atoms with Gasteiger partial charge >= 0.3 is 0 Å². The molecular formula is C24H46O5. The number of hydrogen-bond acceptors (Lipinski definition) is 5. The maximum atomic E-state index is 9.83. The molecule has 1 rings (SSSR count). The number of aliphatic hydroxyl groups excluding tert-OH is 3. The molecule has 5 heteroatoms. The van der Waals surface area contributed by atoms with Crippen molar-refractivity contribution in [2.75, 3.05) is 19.8 Å². The first-order valence-corrected chi connectivity index (χ1v) is 12.1. The van der Waals surface area contributed by atoms with Gasteiger partial charge in [0, 0.05) is 6.61 Å². The van der Waals surface area contributed by atoms with Crippen molar-refractivity contribution >= 4 is 0 Å². The molecule has 0 spiro atoms. The van der Waals surface area contributed by atoms with E-state index in [4.69, 9.17) is 9.47 Å². The van der Waals surface area contributed by atoms with Crippen molar-refractivity contribution in [2.45, 2.75) is 121 Å². The van der Waals surface area contributed by atoms with E-state index < -0.39 is 24.4 Å². The lowest BCUT2D eigenvalue weighted by Crippen LogP contribution is -2.42. The van der Waals surface area contributed by atoms with E-state index in [1.54, 1.807) is 0 Å². The summed E-state index contributed by atoms with van der Waals surface area (Å²) in [5.74, 6) is 0. The fraction of sp³-hybridized carbons (Fsp3) is 0.917. The van der Waals surface area contributed by atoms with Crippen LogP contribution in [0, 0.1) is 0 Å². The van der Waals surface area contributed by atoms with Crippen molar-refractivity contribution < 1.29 is 24.8 Å². The maximum Gasteiger partial charge on any atom is 0.114 e. The Morgan fingerprint density at radius 2 is 1.41 bits per heavy atom. The van der Waals surface area contributed by atoms with E-state index in [2.05, 4.69) is 19.1 Å². The summed E-state index contributed by atoms with van der Waals surface area (Å²) in [6.45, 7) is 2.70. The molecule has 0 unspecified atom stereocenters. The minimum atomic E-state index is -0.980. The van der Waals surface area contributed by atoms with E-state index in [0.29, 0.717) is 6.61 Å². The van der Waals surface area contributed by atoms with Gasteiger partial charge in [0.05, 0.1) is 13.2 Å². The number of aliphatic hydroxyl groups is 3. The Bertz CT molecular complexity index is 387. The number of rotatable bonds is 19. The van der Waals surface area contributed by atoms with Gasteiger partial charge in [0.1, 0.15) is 24.4 Å². The second kappa shape index (κ2) is 18.3. The van der Waals surface area contributed by atoms with Gasteiger partial charge in [0.2, 0.25) is 0 Å². The minimum absolute atomic E-state index is 0.0972. The minimum Gasteiger partial charge on any atom is -0.394 e. The zero-order valence-electron chi connectivity index (χ0n) is 18.6. The Balaban J connectivity index is 1.85. The summed E-state index contributed by atoms with van der Waals surface area (Å²) < 4.78 is 11.0. The monoisotopic (exact) mass is 414 g/mol. The molecule has 0 aromatic carbocycles. The third-order valence-electron chi connectivity index (χ3n) is 5.72. The van der Waals surface area contributed by atoms with Crippen molar-refractivity contribution in [2.24, 2.45) is 0 Å². The van der Waals surface area contributed by atoms with Crippen LogP contribution in [0.4, 0.5) is 0 Å². The van der Waals surface area contributed by atoms with Crippen LogP contribution in [0.15, 0.2) is 12.2 Å². The summed E-state index contributed by atoms with van der Waals surface area (Å²) in [6, 6.07) is 0. The van der Waals surface area contributed by atoms with E-state index in [-0.39, 0.29) is 13.2 Å². The van der Waals surface area contributed by atoms with Gasteiger partial charge < -0.3 is 24.8 Å². The molecule has 1 aliphatic heterocycles. The molecule has 0 radical (unpaired) electrons. The quantitative estimate of drug-likeness (QED) is 0.214. The first kappa shape index (κ1) is 26.6. The Kier molecular flexibility index (Phi) is 16.8. The zero-order valence-corrected chi connectivity index (χ0v) is 18.6. The standard InChI is InChI=1S/C24H46O5/c1-2-3-4-5-6-7-8-9-10-11-12-13-14-15-16-17-18-28-22(19-25)24-23(27)21(26)20-29-24/h9-10,21-27H,2-8,11-20H2,1H3/b10-9+/t21-,22+,23-,24-/m0/s1. The molecule has 4 atom stereocenters. The predicted octanol–water partition coefficient (Wildman–Crippen LogP) is 4.52. The summed E-state index contributed by atoms with van der Waals surface area (Å²) in [5, 5.41) is 28.8. The van der Waals surface area contributed by atoms with Gasteiger partial charge in [0.15, 0.2) is 0 Å². The van der Waals surface area contributed by atoms with Gasteiger partial charge in [-0.15, -0.1) is 0 Å². The van der Waals surface area contributed by atoms with Crippen LogP contribution in [0.1, 0.15) is 96.8 Å². The molecule has 3 N–H and O–H groups in total. The smallest absolute Gasteiger partial charge is 0.114 e. The highest BCUT2D eigenvalue weighted by Gasteiger charge is 2.40. The summed E-state index contributed by atoms with van der Waals surface area (Å²) in [6.07, 6.45) is 19.4. The van der Waals surface area contributed by atoms with Crippen molar-refractivity contribution in [3.05, 3.63) is 12.2 Å². The van der Waals surface area contributed by atoms with Crippen LogP contribution >= 0.6 is 0 Å². The average Bonchev–Trinajstić information content (AvgIpc) is 3.06. The molecule has 5 nitrogen and oxygen atoms in total. The van der Waals surface area contributed by atoms with Crippen LogP contribution < -0.4 is 0 Å². The van der Waals surface area contributed by atoms with Crippen molar-refractivity contribution in [3.8, 4) is 0 Å². The van der Waals surface area contributed by atoms with Gasteiger partial charge in [-0.25, -0.2) is 0 Å². The highest BCUT2D eigenvalue weighted by atomic mass is 16.6. The second-order valence-electron chi connectivity index (χ2n) is 8.39. The van der Waals surface area contributed by atoms with Crippen LogP contribution in [0.5, 0.6) is 0 Å². The van der Waals surface area contributed by atoms with Crippen molar-refractivity contribution in [1.82, 2.24) is 0 Å². The molecule has 0 aromatic rings. The highest BCUT2D eigenvalue weighted by Crippen LogP contribution is 2.20. The van der Waals surface area contributed by atoms with E-state index >= 15 is 0 Å². The van der Waals surface area contributed by atoms with E-state index in [1.807, 2.05) is 0 Å². The number of hydrogen-bond donors (Lipinski definition) is 3. The lowest BCUT2D eigenvalue weighted by Gasteiger charge is -2.24. The predicted molar refractivity (Wildman–Crippen MR) is 118 cm³/mol. The molecule has 0 aromatic heterocycles. The third-order valence-corrected chi connectivity index (χ3v) is 5.72. The Morgan fingerprint density at radius 1 is 0.862 bits per heavy atom. The Morgan fingerprint density at radius 3 is 1.93 bits per heavy atom. The van der Waals surface area contributed by atoms with E-state index in [9.17, 15) is 15.3 Å². The topological polar surface area (TPSA) is 79.2 Å². The fourth-order valence-corrected chi connectivity index (χ4v) is 3.79. The summed E-state index contributed by atoms with van der Waals surface area (Å²) in [4.78, 5) is 0. The molecule has 172 valence electrons. The van der Waals surface area contributed by atoms with Gasteiger partial charge in [-0.05, 0) is 32.1 Å². The third kappa shape index (κ3) is 12.7. The van der Waals surface area contributed by atoms with Gasteiger partial charge in [0.25, 0.3) is 0 Å². The van der Waals surface area contributed by atoms with Crippen LogP contribution in [0.2, 0.25) is 0 Å². The SMILES string of the molecule is CCCCCCCC/C=C/CCCCCCCCO[C@H](CO)[C@@H]1OC[C@H](O)[C@@H]1O. The van der Waals surface area contributed by atoms with Crippen molar-refractivity contribution in [3.63, 3.8) is 0 Å². The van der Waals surface area contributed by atoms with Crippen LogP contribution in [-0.2, 0) is 9.47 Å². The van der Waals surface area contributed by atoms with E-state index in [1.165, 1.54) is 77.0 Å². The van der Waals surface area contributed by atoms with Gasteiger partial charge in [-0.2, -0.15) is 0 Å². The average molecular weight is 415 g/mol. The molecule has 0 amide bonds. The van der Waals surface area contributed by atoms with Crippen LogP contribution in [-0.4, -0.2) is 59.6 Å².